The number of nitrogens with one attached hydrogen (secondary N) is 3. The number of amides is 2. The van der Waals surface area contributed by atoms with Gasteiger partial charge < -0.3 is 20.4 Å². The molecule has 0 unspecified atom stereocenters. The molecule has 2 heterocycles. The van der Waals surface area contributed by atoms with Crippen LogP contribution in [-0.4, -0.2) is 45.5 Å². The SMILES string of the molecule is CC(=O)N[C@H]1CC[C@@H](NC(=O)c2c(C)[nH]c3c(-c4cc(F)ccc4OCC4CC4)ncnc23)C[C@H]1C. The van der Waals surface area contributed by atoms with Crippen LogP contribution in [0.25, 0.3) is 22.3 Å². The van der Waals surface area contributed by atoms with Gasteiger partial charge >= 0.3 is 0 Å². The molecule has 3 aromatic rings. The van der Waals surface area contributed by atoms with Crippen molar-refractivity contribution in [2.75, 3.05) is 6.61 Å². The van der Waals surface area contributed by atoms with E-state index in [0.29, 0.717) is 51.8 Å². The van der Waals surface area contributed by atoms with Gasteiger partial charge in [0.05, 0.1) is 17.7 Å². The van der Waals surface area contributed by atoms with Gasteiger partial charge in [-0.25, -0.2) is 14.4 Å². The number of aryl methyl sites for hydroxylation is 1. The Labute approximate surface area is 209 Å². The molecule has 36 heavy (non-hydrogen) atoms. The Morgan fingerprint density at radius 3 is 2.69 bits per heavy atom. The molecule has 0 spiro atoms. The Morgan fingerprint density at radius 1 is 1.17 bits per heavy atom. The molecule has 3 atom stereocenters. The van der Waals surface area contributed by atoms with Gasteiger partial charge in [-0.3, -0.25) is 9.59 Å². The quantitative estimate of drug-likeness (QED) is 0.455. The number of carbonyl (C=O) groups is 2. The number of nitrogens with zero attached hydrogens (tertiary/aromatic N) is 2. The first-order valence-corrected chi connectivity index (χ1v) is 12.6. The number of aromatic nitrogens is 3. The smallest absolute Gasteiger partial charge is 0.255 e. The molecule has 0 aliphatic heterocycles. The summed E-state index contributed by atoms with van der Waals surface area (Å²) < 4.78 is 20.3. The summed E-state index contributed by atoms with van der Waals surface area (Å²) in [5, 5.41) is 6.17. The summed E-state index contributed by atoms with van der Waals surface area (Å²) >= 11 is 0. The fourth-order valence-electron chi connectivity index (χ4n) is 5.17. The molecule has 2 amide bonds. The van der Waals surface area contributed by atoms with Crippen LogP contribution in [0.3, 0.4) is 0 Å². The maximum atomic E-state index is 14.2. The molecule has 0 bridgehead atoms. The fraction of sp³-hybridized carbons (Fsp3) is 0.481. The molecule has 0 saturated heterocycles. The number of carbonyl (C=O) groups excluding carboxylic acids is 2. The van der Waals surface area contributed by atoms with Crippen LogP contribution in [0.4, 0.5) is 4.39 Å². The van der Waals surface area contributed by atoms with Gasteiger partial charge in [-0.1, -0.05) is 6.92 Å². The zero-order valence-corrected chi connectivity index (χ0v) is 20.9. The summed E-state index contributed by atoms with van der Waals surface area (Å²) in [7, 11) is 0. The van der Waals surface area contributed by atoms with Crippen LogP contribution >= 0.6 is 0 Å². The number of ether oxygens (including phenoxy) is 1. The van der Waals surface area contributed by atoms with Crippen molar-refractivity contribution in [1.29, 1.82) is 0 Å². The number of benzene rings is 1. The number of halogens is 1. The highest BCUT2D eigenvalue weighted by Crippen LogP contribution is 2.37. The molecule has 2 saturated carbocycles. The maximum absolute atomic E-state index is 14.2. The lowest BCUT2D eigenvalue weighted by atomic mass is 9.82. The first kappa shape index (κ1) is 24.2. The fourth-order valence-corrected chi connectivity index (χ4v) is 5.17. The van der Waals surface area contributed by atoms with Gasteiger partial charge in [-0.2, -0.15) is 0 Å². The Balaban J connectivity index is 1.40. The van der Waals surface area contributed by atoms with E-state index in [1.54, 1.807) is 6.07 Å². The van der Waals surface area contributed by atoms with E-state index in [1.165, 1.54) is 25.4 Å². The standard InChI is InChI=1S/C27H32FN5O3/c1-14-10-19(7-8-21(14)32-16(3)34)33-27(35)23-15(2)31-26-24(29-13-30-25(23)26)20-11-18(28)6-9-22(20)36-12-17-4-5-17/h6,9,11,13-14,17,19,21,31H,4-5,7-8,10,12H2,1-3H3,(H,32,34)(H,33,35)/t14-,19-,21+/m1/s1. The summed E-state index contributed by atoms with van der Waals surface area (Å²) in [6.45, 7) is 6.04. The van der Waals surface area contributed by atoms with Gasteiger partial charge in [0, 0.05) is 30.3 Å². The molecule has 2 aliphatic rings. The number of fused-ring (bicyclic) bond motifs is 1. The molecule has 0 radical (unpaired) electrons. The van der Waals surface area contributed by atoms with Gasteiger partial charge in [-0.05, 0) is 69.1 Å². The van der Waals surface area contributed by atoms with Crippen molar-refractivity contribution >= 4 is 22.8 Å². The Morgan fingerprint density at radius 2 is 1.97 bits per heavy atom. The zero-order valence-electron chi connectivity index (χ0n) is 20.9. The van der Waals surface area contributed by atoms with Crippen molar-refractivity contribution in [3.63, 3.8) is 0 Å². The second kappa shape index (κ2) is 9.87. The molecule has 9 heteroatoms. The third-order valence-electron chi connectivity index (χ3n) is 7.26. The van der Waals surface area contributed by atoms with Crippen molar-refractivity contribution in [3.05, 3.63) is 41.6 Å². The Hall–Kier alpha value is -3.49. The topological polar surface area (TPSA) is 109 Å². The molecule has 8 nitrogen and oxygen atoms in total. The van der Waals surface area contributed by atoms with Crippen molar-refractivity contribution in [3.8, 4) is 17.0 Å². The highest BCUT2D eigenvalue weighted by atomic mass is 19.1. The molecule has 5 rings (SSSR count). The second-order valence-corrected chi connectivity index (χ2v) is 10.2. The molecule has 2 fully saturated rings. The van der Waals surface area contributed by atoms with E-state index in [2.05, 4.69) is 32.5 Å². The lowest BCUT2D eigenvalue weighted by molar-refractivity contribution is -0.120. The zero-order chi connectivity index (χ0) is 25.4. The lowest BCUT2D eigenvalue weighted by Gasteiger charge is -2.34. The van der Waals surface area contributed by atoms with Crippen LogP contribution in [0.1, 0.15) is 62.0 Å². The van der Waals surface area contributed by atoms with Crippen molar-refractivity contribution in [2.24, 2.45) is 11.8 Å². The predicted octanol–water partition coefficient (Wildman–Crippen LogP) is 4.28. The average Bonchev–Trinajstić information content (AvgIpc) is 3.59. The van der Waals surface area contributed by atoms with E-state index in [0.717, 1.165) is 32.1 Å². The van der Waals surface area contributed by atoms with Crippen molar-refractivity contribution < 1.29 is 18.7 Å². The number of rotatable bonds is 7. The minimum atomic E-state index is -0.388. The van der Waals surface area contributed by atoms with Gasteiger partial charge in [0.1, 0.15) is 29.1 Å². The molecule has 2 aliphatic carbocycles. The predicted molar refractivity (Wildman–Crippen MR) is 134 cm³/mol. The van der Waals surface area contributed by atoms with Gasteiger partial charge in [0.2, 0.25) is 5.91 Å². The Kier molecular flexibility index (Phi) is 6.64. The monoisotopic (exact) mass is 493 g/mol. The van der Waals surface area contributed by atoms with Crippen LogP contribution in [0.2, 0.25) is 0 Å². The summed E-state index contributed by atoms with van der Waals surface area (Å²) in [4.78, 5) is 36.9. The summed E-state index contributed by atoms with van der Waals surface area (Å²) in [5.41, 5.74) is 3.22. The van der Waals surface area contributed by atoms with E-state index < -0.39 is 0 Å². The van der Waals surface area contributed by atoms with E-state index in [1.807, 2.05) is 6.92 Å². The molecule has 190 valence electrons. The second-order valence-electron chi connectivity index (χ2n) is 10.2. The minimum Gasteiger partial charge on any atom is -0.493 e. The van der Waals surface area contributed by atoms with E-state index in [4.69, 9.17) is 4.74 Å². The molecular formula is C27H32FN5O3. The largest absolute Gasteiger partial charge is 0.493 e. The number of hydrogen-bond acceptors (Lipinski definition) is 5. The van der Waals surface area contributed by atoms with Gasteiger partial charge in [-0.15, -0.1) is 0 Å². The van der Waals surface area contributed by atoms with E-state index in [9.17, 15) is 14.0 Å². The Bertz CT molecular complexity index is 1300. The first-order valence-electron chi connectivity index (χ1n) is 12.6. The van der Waals surface area contributed by atoms with E-state index >= 15 is 0 Å². The third kappa shape index (κ3) is 5.05. The molecular weight excluding hydrogens is 461 g/mol. The van der Waals surface area contributed by atoms with Crippen LogP contribution in [0.15, 0.2) is 24.5 Å². The first-order chi connectivity index (χ1) is 17.3. The third-order valence-corrected chi connectivity index (χ3v) is 7.26. The van der Waals surface area contributed by atoms with Crippen LogP contribution in [0.5, 0.6) is 5.75 Å². The maximum Gasteiger partial charge on any atom is 0.255 e. The summed E-state index contributed by atoms with van der Waals surface area (Å²) in [6, 6.07) is 4.56. The van der Waals surface area contributed by atoms with Crippen LogP contribution in [0, 0.1) is 24.6 Å². The van der Waals surface area contributed by atoms with Crippen LogP contribution in [-0.2, 0) is 4.79 Å². The molecule has 2 aromatic heterocycles. The van der Waals surface area contributed by atoms with Crippen LogP contribution < -0.4 is 15.4 Å². The highest BCUT2D eigenvalue weighted by molar-refractivity contribution is 6.09. The number of H-pyrrole nitrogens is 1. The lowest BCUT2D eigenvalue weighted by Crippen LogP contribution is -2.47. The molecule has 3 N–H and O–H groups in total. The number of aromatic amines is 1. The van der Waals surface area contributed by atoms with Crippen molar-refractivity contribution in [1.82, 2.24) is 25.6 Å². The van der Waals surface area contributed by atoms with Crippen molar-refractivity contribution in [2.45, 2.75) is 65.0 Å². The number of hydrogen-bond donors (Lipinski definition) is 3. The summed E-state index contributed by atoms with van der Waals surface area (Å²) in [6.07, 6.45) is 6.08. The minimum absolute atomic E-state index is 0.00816. The average molecular weight is 494 g/mol. The van der Waals surface area contributed by atoms with E-state index in [-0.39, 0.29) is 35.6 Å². The molecule has 1 aromatic carbocycles. The normalized spacial score (nSPS) is 21.8. The highest BCUT2D eigenvalue weighted by Gasteiger charge is 2.30. The van der Waals surface area contributed by atoms with Gasteiger partial charge in [0.15, 0.2) is 0 Å². The van der Waals surface area contributed by atoms with Gasteiger partial charge in [0.25, 0.3) is 5.91 Å². The summed E-state index contributed by atoms with van der Waals surface area (Å²) in [5.74, 6) is 0.745.